The number of ether oxygens (including phenoxy) is 2. The summed E-state index contributed by atoms with van der Waals surface area (Å²) in [6.45, 7) is 3.87. The van der Waals surface area contributed by atoms with Crippen LogP contribution in [-0.2, 0) is 4.74 Å². The molecule has 6 nitrogen and oxygen atoms in total. The lowest BCUT2D eigenvalue weighted by molar-refractivity contribution is 0.101. The number of hydrogen-bond donors (Lipinski definition) is 2. The third kappa shape index (κ3) is 3.26. The zero-order chi connectivity index (χ0) is 13.8. The Morgan fingerprint density at radius 1 is 1.37 bits per heavy atom. The fraction of sp³-hybridized carbons (Fsp3) is 0.692. The lowest BCUT2D eigenvalue weighted by atomic mass is 10.2. The van der Waals surface area contributed by atoms with Crippen molar-refractivity contribution in [3.05, 3.63) is 6.33 Å². The van der Waals surface area contributed by atoms with Crippen molar-refractivity contribution in [2.24, 2.45) is 0 Å². The van der Waals surface area contributed by atoms with Crippen LogP contribution in [0.1, 0.15) is 33.1 Å². The highest BCUT2D eigenvalue weighted by molar-refractivity contribution is 5.66. The number of nitrogens with one attached hydrogen (secondary N) is 1. The highest BCUT2D eigenvalue weighted by Crippen LogP contribution is 2.30. The van der Waals surface area contributed by atoms with Gasteiger partial charge in [-0.25, -0.2) is 4.98 Å². The van der Waals surface area contributed by atoms with Crippen LogP contribution in [0.4, 0.5) is 11.5 Å². The van der Waals surface area contributed by atoms with Gasteiger partial charge in [-0.1, -0.05) is 0 Å². The van der Waals surface area contributed by atoms with Gasteiger partial charge in [0, 0.05) is 7.11 Å². The van der Waals surface area contributed by atoms with Crippen LogP contribution < -0.4 is 15.8 Å². The number of nitrogen functional groups attached to an aromatic ring is 1. The van der Waals surface area contributed by atoms with Crippen LogP contribution >= 0.6 is 0 Å². The molecule has 0 spiro atoms. The van der Waals surface area contributed by atoms with E-state index in [1.54, 1.807) is 7.11 Å². The predicted octanol–water partition coefficient (Wildman–Crippen LogP) is 1.83. The molecule has 106 valence electrons. The van der Waals surface area contributed by atoms with Gasteiger partial charge in [0.25, 0.3) is 0 Å². The first-order valence-electron chi connectivity index (χ1n) is 6.68. The average molecular weight is 266 g/mol. The first-order valence-corrected chi connectivity index (χ1v) is 6.68. The molecule has 6 heteroatoms. The fourth-order valence-electron chi connectivity index (χ4n) is 2.36. The minimum Gasteiger partial charge on any atom is -0.473 e. The van der Waals surface area contributed by atoms with Gasteiger partial charge in [0.15, 0.2) is 5.82 Å². The maximum atomic E-state index is 6.04. The van der Waals surface area contributed by atoms with Crippen molar-refractivity contribution < 1.29 is 9.47 Å². The quantitative estimate of drug-likeness (QED) is 0.846. The van der Waals surface area contributed by atoms with Crippen LogP contribution in [0, 0.1) is 0 Å². The molecule has 0 bridgehead atoms. The SMILES string of the molecule is COC1CCCC1Nc1ncnc(OC(C)C)c1N. The van der Waals surface area contributed by atoms with E-state index in [0.29, 0.717) is 17.4 Å². The Labute approximate surface area is 113 Å². The number of nitrogens with two attached hydrogens (primary N) is 1. The first-order chi connectivity index (χ1) is 9.11. The molecule has 1 aliphatic rings. The average Bonchev–Trinajstić information content (AvgIpc) is 2.81. The minimum atomic E-state index is 0.0308. The van der Waals surface area contributed by atoms with E-state index in [1.807, 2.05) is 13.8 Å². The maximum Gasteiger partial charge on any atom is 0.242 e. The van der Waals surface area contributed by atoms with E-state index < -0.39 is 0 Å². The van der Waals surface area contributed by atoms with E-state index in [2.05, 4.69) is 15.3 Å². The van der Waals surface area contributed by atoms with Crippen LogP contribution in [0.25, 0.3) is 0 Å². The summed E-state index contributed by atoms with van der Waals surface area (Å²) in [7, 11) is 1.74. The lowest BCUT2D eigenvalue weighted by Crippen LogP contribution is -2.30. The molecule has 0 aromatic carbocycles. The van der Waals surface area contributed by atoms with E-state index >= 15 is 0 Å². The van der Waals surface area contributed by atoms with Gasteiger partial charge in [-0.15, -0.1) is 0 Å². The Bertz CT molecular complexity index is 425. The van der Waals surface area contributed by atoms with Crippen molar-refractivity contribution in [2.75, 3.05) is 18.2 Å². The molecule has 1 aliphatic carbocycles. The summed E-state index contributed by atoms with van der Waals surface area (Å²) in [5, 5.41) is 3.34. The third-order valence-electron chi connectivity index (χ3n) is 3.27. The lowest BCUT2D eigenvalue weighted by Gasteiger charge is -2.21. The van der Waals surface area contributed by atoms with Crippen LogP contribution in [0.15, 0.2) is 6.33 Å². The summed E-state index contributed by atoms with van der Waals surface area (Å²) in [5.74, 6) is 1.05. The Morgan fingerprint density at radius 2 is 2.16 bits per heavy atom. The van der Waals surface area contributed by atoms with Crippen LogP contribution in [0.2, 0.25) is 0 Å². The van der Waals surface area contributed by atoms with E-state index in [0.717, 1.165) is 19.3 Å². The Hall–Kier alpha value is -1.56. The summed E-state index contributed by atoms with van der Waals surface area (Å²) in [6.07, 6.45) is 4.98. The zero-order valence-corrected chi connectivity index (χ0v) is 11.7. The summed E-state index contributed by atoms with van der Waals surface area (Å²) in [6, 6.07) is 0.245. The summed E-state index contributed by atoms with van der Waals surface area (Å²) < 4.78 is 11.0. The molecule has 2 unspecified atom stereocenters. The number of hydrogen-bond acceptors (Lipinski definition) is 6. The van der Waals surface area contributed by atoms with Gasteiger partial charge in [-0.05, 0) is 33.1 Å². The molecule has 1 fully saturated rings. The largest absolute Gasteiger partial charge is 0.473 e. The highest BCUT2D eigenvalue weighted by Gasteiger charge is 2.28. The molecule has 1 aromatic rings. The Morgan fingerprint density at radius 3 is 2.84 bits per heavy atom. The van der Waals surface area contributed by atoms with Crippen LogP contribution in [-0.4, -0.2) is 35.3 Å². The molecular formula is C13H22N4O2. The number of methoxy groups -OCH3 is 1. The summed E-state index contributed by atoms with van der Waals surface area (Å²) >= 11 is 0. The molecule has 1 saturated carbocycles. The second-order valence-corrected chi connectivity index (χ2v) is 5.06. The minimum absolute atomic E-state index is 0.0308. The predicted molar refractivity (Wildman–Crippen MR) is 74.3 cm³/mol. The highest BCUT2D eigenvalue weighted by atomic mass is 16.5. The molecule has 3 N–H and O–H groups in total. The Kier molecular flexibility index (Phi) is 4.42. The second-order valence-electron chi connectivity index (χ2n) is 5.06. The van der Waals surface area contributed by atoms with Gasteiger partial charge >= 0.3 is 0 Å². The van der Waals surface area contributed by atoms with Gasteiger partial charge in [-0.3, -0.25) is 0 Å². The number of rotatable bonds is 5. The molecule has 0 aliphatic heterocycles. The Balaban J connectivity index is 2.12. The van der Waals surface area contributed by atoms with E-state index in [4.69, 9.17) is 15.2 Å². The van der Waals surface area contributed by atoms with Crippen molar-refractivity contribution in [2.45, 2.75) is 51.4 Å². The third-order valence-corrected chi connectivity index (χ3v) is 3.27. The van der Waals surface area contributed by atoms with E-state index in [9.17, 15) is 0 Å². The number of aromatic nitrogens is 2. The van der Waals surface area contributed by atoms with Gasteiger partial charge in [-0.2, -0.15) is 4.98 Å². The molecule has 1 heterocycles. The van der Waals surface area contributed by atoms with Gasteiger partial charge < -0.3 is 20.5 Å². The summed E-state index contributed by atoms with van der Waals surface area (Å²) in [4.78, 5) is 8.26. The molecule has 0 radical (unpaired) electrons. The number of nitrogens with zero attached hydrogens (tertiary/aromatic N) is 2. The smallest absolute Gasteiger partial charge is 0.242 e. The van der Waals surface area contributed by atoms with Crippen molar-refractivity contribution in [1.82, 2.24) is 9.97 Å². The van der Waals surface area contributed by atoms with Crippen molar-refractivity contribution in [3.8, 4) is 5.88 Å². The maximum absolute atomic E-state index is 6.04. The van der Waals surface area contributed by atoms with Crippen molar-refractivity contribution in [3.63, 3.8) is 0 Å². The fourth-order valence-corrected chi connectivity index (χ4v) is 2.36. The van der Waals surface area contributed by atoms with E-state index in [1.165, 1.54) is 6.33 Å². The molecule has 2 rings (SSSR count). The van der Waals surface area contributed by atoms with E-state index in [-0.39, 0.29) is 18.2 Å². The first kappa shape index (κ1) is 13.9. The standard InChI is InChI=1S/C13H22N4O2/c1-8(2)19-13-11(14)12(15-7-16-13)17-9-5-4-6-10(9)18-3/h7-10H,4-6,14H2,1-3H3,(H,15,16,17). The molecular weight excluding hydrogens is 244 g/mol. The monoisotopic (exact) mass is 266 g/mol. The molecule has 0 saturated heterocycles. The molecule has 1 aromatic heterocycles. The van der Waals surface area contributed by atoms with Gasteiger partial charge in [0.1, 0.15) is 12.0 Å². The van der Waals surface area contributed by atoms with Crippen molar-refractivity contribution in [1.29, 1.82) is 0 Å². The van der Waals surface area contributed by atoms with Crippen LogP contribution in [0.3, 0.4) is 0 Å². The molecule has 2 atom stereocenters. The number of anilines is 2. The van der Waals surface area contributed by atoms with Crippen LogP contribution in [0.5, 0.6) is 5.88 Å². The molecule has 0 amide bonds. The normalized spacial score (nSPS) is 22.7. The zero-order valence-electron chi connectivity index (χ0n) is 11.7. The van der Waals surface area contributed by atoms with Gasteiger partial charge in [0.2, 0.25) is 5.88 Å². The summed E-state index contributed by atoms with van der Waals surface area (Å²) in [5.41, 5.74) is 6.50. The molecule has 19 heavy (non-hydrogen) atoms. The van der Waals surface area contributed by atoms with Crippen molar-refractivity contribution >= 4 is 11.5 Å². The van der Waals surface area contributed by atoms with Gasteiger partial charge in [0.05, 0.1) is 18.2 Å². The topological polar surface area (TPSA) is 82.3 Å². The second kappa shape index (κ2) is 6.06.